The van der Waals surface area contributed by atoms with Crippen LogP contribution in [-0.2, 0) is 9.59 Å². The van der Waals surface area contributed by atoms with E-state index in [1.807, 2.05) is 6.26 Å². The number of nitrogens with two attached hydrogens (primary N) is 1. The first-order valence-electron chi connectivity index (χ1n) is 5.58. The molecule has 0 unspecified atom stereocenters. The topological polar surface area (TPSA) is 92.4 Å². The summed E-state index contributed by atoms with van der Waals surface area (Å²) in [6.45, 7) is 3.94. The van der Waals surface area contributed by atoms with Crippen molar-refractivity contribution >= 4 is 23.6 Å². The Hall–Kier alpha value is -0.750. The van der Waals surface area contributed by atoms with E-state index in [1.54, 1.807) is 25.6 Å². The van der Waals surface area contributed by atoms with Crippen LogP contribution in [0.25, 0.3) is 0 Å². The van der Waals surface area contributed by atoms with E-state index in [0.717, 1.165) is 0 Å². The van der Waals surface area contributed by atoms with Crippen molar-refractivity contribution in [2.45, 2.75) is 32.7 Å². The van der Waals surface area contributed by atoms with E-state index in [9.17, 15) is 9.59 Å². The Morgan fingerprint density at radius 3 is 2.47 bits per heavy atom. The third-order valence-corrected chi connectivity index (χ3v) is 3.24. The van der Waals surface area contributed by atoms with Crippen molar-refractivity contribution in [3.05, 3.63) is 0 Å². The molecule has 0 aliphatic rings. The minimum Gasteiger partial charge on any atom is -0.480 e. The average Bonchev–Trinajstić information content (AvgIpc) is 2.23. The van der Waals surface area contributed by atoms with Crippen molar-refractivity contribution in [2.24, 2.45) is 11.1 Å². The van der Waals surface area contributed by atoms with Crippen LogP contribution in [0, 0.1) is 5.41 Å². The maximum Gasteiger partial charge on any atom is 0.326 e. The molecular formula is C11H22N2O3S. The molecule has 0 fully saturated rings. The van der Waals surface area contributed by atoms with Crippen molar-refractivity contribution in [1.82, 2.24) is 5.32 Å². The molecular weight excluding hydrogens is 240 g/mol. The summed E-state index contributed by atoms with van der Waals surface area (Å²) in [5.41, 5.74) is 4.80. The lowest BCUT2D eigenvalue weighted by atomic mass is 9.88. The highest BCUT2D eigenvalue weighted by atomic mass is 32.2. The summed E-state index contributed by atoms with van der Waals surface area (Å²) in [5, 5.41) is 11.6. The number of hydrogen-bond donors (Lipinski definition) is 3. The summed E-state index contributed by atoms with van der Waals surface area (Å²) in [7, 11) is 0. The van der Waals surface area contributed by atoms with Crippen LogP contribution in [-0.4, -0.2) is 41.6 Å². The summed E-state index contributed by atoms with van der Waals surface area (Å²) >= 11 is 1.56. The average molecular weight is 262 g/mol. The van der Waals surface area contributed by atoms with Gasteiger partial charge in [0.1, 0.15) is 6.04 Å². The first-order valence-corrected chi connectivity index (χ1v) is 6.97. The molecule has 0 rings (SSSR count). The fraction of sp³-hybridized carbons (Fsp3) is 0.818. The molecule has 100 valence electrons. The molecule has 0 aromatic heterocycles. The van der Waals surface area contributed by atoms with E-state index in [1.165, 1.54) is 0 Å². The van der Waals surface area contributed by atoms with Crippen LogP contribution in [0.4, 0.5) is 0 Å². The van der Waals surface area contributed by atoms with E-state index in [0.29, 0.717) is 25.1 Å². The fourth-order valence-corrected chi connectivity index (χ4v) is 1.79. The Labute approximate surface area is 107 Å². The molecule has 1 amide bonds. The van der Waals surface area contributed by atoms with Gasteiger partial charge in [-0.05, 0) is 31.4 Å². The quantitative estimate of drug-likeness (QED) is 0.598. The fourth-order valence-electron chi connectivity index (χ4n) is 1.32. The minimum atomic E-state index is -0.990. The summed E-state index contributed by atoms with van der Waals surface area (Å²) in [6, 6.07) is -0.813. The summed E-state index contributed by atoms with van der Waals surface area (Å²) in [4.78, 5) is 22.9. The van der Waals surface area contributed by atoms with Gasteiger partial charge in [0.15, 0.2) is 0 Å². The van der Waals surface area contributed by atoms with Gasteiger partial charge in [-0.15, -0.1) is 0 Å². The largest absolute Gasteiger partial charge is 0.480 e. The van der Waals surface area contributed by atoms with Crippen molar-refractivity contribution in [3.63, 3.8) is 0 Å². The number of carbonyl (C=O) groups excluding carboxylic acids is 1. The van der Waals surface area contributed by atoms with Crippen LogP contribution in [0.2, 0.25) is 0 Å². The Kier molecular flexibility index (Phi) is 7.22. The van der Waals surface area contributed by atoms with Crippen LogP contribution in [0.15, 0.2) is 0 Å². The molecule has 0 aliphatic carbocycles. The zero-order chi connectivity index (χ0) is 13.5. The Bertz CT molecular complexity index is 269. The number of carboxylic acid groups (broad SMARTS) is 1. The SMILES string of the molecule is CSCC[C@H](NC(=O)C(C)(C)CCN)C(=O)O. The maximum absolute atomic E-state index is 11.9. The van der Waals surface area contributed by atoms with Crippen LogP contribution in [0.5, 0.6) is 0 Å². The second-order valence-corrected chi connectivity index (χ2v) is 5.55. The van der Waals surface area contributed by atoms with Gasteiger partial charge in [0.2, 0.25) is 5.91 Å². The molecule has 0 aliphatic heterocycles. The van der Waals surface area contributed by atoms with Crippen molar-refractivity contribution in [2.75, 3.05) is 18.6 Å². The van der Waals surface area contributed by atoms with Gasteiger partial charge in [0, 0.05) is 5.41 Å². The van der Waals surface area contributed by atoms with Crippen LogP contribution >= 0.6 is 11.8 Å². The molecule has 0 saturated carbocycles. The minimum absolute atomic E-state index is 0.253. The number of nitrogens with one attached hydrogen (secondary N) is 1. The predicted molar refractivity (Wildman–Crippen MR) is 70.0 cm³/mol. The van der Waals surface area contributed by atoms with Crippen LogP contribution < -0.4 is 11.1 Å². The number of hydrogen-bond acceptors (Lipinski definition) is 4. The normalized spacial score (nSPS) is 13.2. The van der Waals surface area contributed by atoms with Gasteiger partial charge in [-0.1, -0.05) is 13.8 Å². The van der Waals surface area contributed by atoms with E-state index in [-0.39, 0.29) is 5.91 Å². The molecule has 17 heavy (non-hydrogen) atoms. The first-order chi connectivity index (χ1) is 7.85. The van der Waals surface area contributed by atoms with E-state index < -0.39 is 17.4 Å². The van der Waals surface area contributed by atoms with E-state index in [4.69, 9.17) is 10.8 Å². The van der Waals surface area contributed by atoms with Gasteiger partial charge in [-0.25, -0.2) is 4.79 Å². The van der Waals surface area contributed by atoms with Crippen molar-refractivity contribution in [1.29, 1.82) is 0 Å². The molecule has 5 nitrogen and oxygen atoms in total. The number of carboxylic acids is 1. The molecule has 1 atom stereocenters. The number of amides is 1. The van der Waals surface area contributed by atoms with Gasteiger partial charge in [0.05, 0.1) is 0 Å². The van der Waals surface area contributed by atoms with Gasteiger partial charge in [0.25, 0.3) is 0 Å². The zero-order valence-corrected chi connectivity index (χ0v) is 11.5. The first kappa shape index (κ1) is 16.2. The summed E-state index contributed by atoms with van der Waals surface area (Å²) < 4.78 is 0. The predicted octanol–water partition coefficient (Wildman–Crippen LogP) is 0.684. The third-order valence-electron chi connectivity index (χ3n) is 2.60. The van der Waals surface area contributed by atoms with Crippen molar-refractivity contribution < 1.29 is 14.7 Å². The lowest BCUT2D eigenvalue weighted by Gasteiger charge is -2.25. The van der Waals surface area contributed by atoms with Gasteiger partial charge in [-0.3, -0.25) is 4.79 Å². The number of aliphatic carboxylic acids is 1. The summed E-state index contributed by atoms with van der Waals surface area (Å²) in [5.74, 6) is -0.540. The molecule has 0 spiro atoms. The monoisotopic (exact) mass is 262 g/mol. The van der Waals surface area contributed by atoms with Crippen LogP contribution in [0.3, 0.4) is 0 Å². The lowest BCUT2D eigenvalue weighted by Crippen LogP contribution is -2.47. The molecule has 0 saturated heterocycles. The molecule has 0 aromatic rings. The zero-order valence-electron chi connectivity index (χ0n) is 10.7. The van der Waals surface area contributed by atoms with E-state index >= 15 is 0 Å². The Balaban J connectivity index is 4.44. The Morgan fingerprint density at radius 1 is 1.47 bits per heavy atom. The second-order valence-electron chi connectivity index (χ2n) is 4.57. The second kappa shape index (κ2) is 7.55. The van der Waals surface area contributed by atoms with E-state index in [2.05, 4.69) is 5.32 Å². The highest BCUT2D eigenvalue weighted by Crippen LogP contribution is 2.19. The number of rotatable bonds is 8. The lowest BCUT2D eigenvalue weighted by molar-refractivity contribution is -0.143. The molecule has 0 aromatic carbocycles. The third kappa shape index (κ3) is 5.93. The van der Waals surface area contributed by atoms with Gasteiger partial charge < -0.3 is 16.2 Å². The van der Waals surface area contributed by atoms with Gasteiger partial charge >= 0.3 is 5.97 Å². The molecule has 0 heterocycles. The smallest absolute Gasteiger partial charge is 0.326 e. The summed E-state index contributed by atoms with van der Waals surface area (Å²) in [6.07, 6.45) is 2.87. The standard InChI is InChI=1S/C11H22N2O3S/c1-11(2,5-6-12)10(16)13-8(9(14)15)4-7-17-3/h8H,4-7,12H2,1-3H3,(H,13,16)(H,14,15)/t8-/m0/s1. The number of carbonyl (C=O) groups is 2. The highest BCUT2D eigenvalue weighted by molar-refractivity contribution is 7.98. The number of thioether (sulfide) groups is 1. The van der Waals surface area contributed by atoms with Crippen molar-refractivity contribution in [3.8, 4) is 0 Å². The molecule has 6 heteroatoms. The maximum atomic E-state index is 11.9. The van der Waals surface area contributed by atoms with Gasteiger partial charge in [-0.2, -0.15) is 11.8 Å². The van der Waals surface area contributed by atoms with Crippen LogP contribution in [0.1, 0.15) is 26.7 Å². The highest BCUT2D eigenvalue weighted by Gasteiger charge is 2.30. The molecule has 0 radical (unpaired) electrons. The Morgan fingerprint density at radius 2 is 2.06 bits per heavy atom. The molecule has 4 N–H and O–H groups in total. The molecule has 0 bridgehead atoms.